The second-order valence-electron chi connectivity index (χ2n) is 9.58. The minimum absolute atomic E-state index is 0.139. The van der Waals surface area contributed by atoms with Crippen LogP contribution in [0.25, 0.3) is 0 Å². The lowest BCUT2D eigenvalue weighted by molar-refractivity contribution is -0.141. The first-order chi connectivity index (χ1) is 16.8. The molecule has 1 aliphatic carbocycles. The minimum atomic E-state index is -0.622. The topological polar surface area (TPSA) is 86.8 Å². The first-order valence-corrected chi connectivity index (χ1v) is 12.5. The number of imide groups is 1. The molecule has 1 atom stereocenters. The highest BCUT2D eigenvalue weighted by Crippen LogP contribution is 2.23. The summed E-state index contributed by atoms with van der Waals surface area (Å²) in [5.41, 5.74) is 2.88. The summed E-state index contributed by atoms with van der Waals surface area (Å²) < 4.78 is 0. The molecule has 184 valence electrons. The summed E-state index contributed by atoms with van der Waals surface area (Å²) in [6.07, 6.45) is 4.66. The average molecular weight is 476 g/mol. The van der Waals surface area contributed by atoms with Gasteiger partial charge in [0.2, 0.25) is 11.8 Å². The molecule has 0 saturated heterocycles. The van der Waals surface area contributed by atoms with Gasteiger partial charge in [-0.3, -0.25) is 24.1 Å². The van der Waals surface area contributed by atoms with E-state index in [0.717, 1.165) is 36.8 Å². The van der Waals surface area contributed by atoms with Crippen LogP contribution >= 0.6 is 0 Å². The van der Waals surface area contributed by atoms with E-state index in [-0.39, 0.29) is 42.6 Å². The molecule has 1 fully saturated rings. The fourth-order valence-electron chi connectivity index (χ4n) is 4.84. The van der Waals surface area contributed by atoms with Gasteiger partial charge >= 0.3 is 0 Å². The van der Waals surface area contributed by atoms with Gasteiger partial charge in [-0.15, -0.1) is 0 Å². The maximum atomic E-state index is 13.3. The van der Waals surface area contributed by atoms with Gasteiger partial charge in [-0.05, 0) is 50.8 Å². The van der Waals surface area contributed by atoms with Crippen molar-refractivity contribution in [3.05, 3.63) is 70.8 Å². The number of hydrogen-bond donors (Lipinski definition) is 1. The Kier molecular flexibility index (Phi) is 7.63. The van der Waals surface area contributed by atoms with Crippen molar-refractivity contribution < 1.29 is 19.2 Å². The van der Waals surface area contributed by atoms with Gasteiger partial charge in [-0.1, -0.05) is 54.8 Å². The second-order valence-corrected chi connectivity index (χ2v) is 9.58. The highest BCUT2D eigenvalue weighted by atomic mass is 16.2. The van der Waals surface area contributed by atoms with E-state index < -0.39 is 6.04 Å². The maximum absolute atomic E-state index is 13.3. The highest BCUT2D eigenvalue weighted by molar-refractivity contribution is 6.21. The van der Waals surface area contributed by atoms with E-state index in [1.165, 1.54) is 4.90 Å². The summed E-state index contributed by atoms with van der Waals surface area (Å²) in [6.45, 7) is 4.26. The summed E-state index contributed by atoms with van der Waals surface area (Å²) in [6, 6.07) is 14.2. The Labute approximate surface area is 206 Å². The lowest BCUT2D eigenvalue weighted by atomic mass is 10.1. The Morgan fingerprint density at radius 2 is 1.60 bits per heavy atom. The van der Waals surface area contributed by atoms with Crippen molar-refractivity contribution in [2.75, 3.05) is 6.54 Å². The number of carbonyl (C=O) groups is 4. The summed E-state index contributed by atoms with van der Waals surface area (Å²) in [5.74, 6) is -0.952. The molecule has 4 rings (SSSR count). The van der Waals surface area contributed by atoms with Gasteiger partial charge in [-0.25, -0.2) is 0 Å². The van der Waals surface area contributed by atoms with Gasteiger partial charge in [-0.2, -0.15) is 0 Å². The van der Waals surface area contributed by atoms with E-state index in [1.807, 2.05) is 31.2 Å². The average Bonchev–Trinajstić information content (AvgIpc) is 3.45. The summed E-state index contributed by atoms with van der Waals surface area (Å²) in [5, 5.41) is 3.10. The fraction of sp³-hybridized carbons (Fsp3) is 0.429. The third kappa shape index (κ3) is 5.61. The normalized spacial score (nSPS) is 16.3. The number of carbonyl (C=O) groups excluding carboxylic acids is 4. The van der Waals surface area contributed by atoms with Gasteiger partial charge in [0, 0.05) is 25.6 Å². The molecule has 0 aromatic heterocycles. The second kappa shape index (κ2) is 10.8. The van der Waals surface area contributed by atoms with Crippen molar-refractivity contribution in [2.24, 2.45) is 0 Å². The van der Waals surface area contributed by atoms with Crippen molar-refractivity contribution in [1.29, 1.82) is 0 Å². The van der Waals surface area contributed by atoms with E-state index in [4.69, 9.17) is 0 Å². The van der Waals surface area contributed by atoms with Crippen molar-refractivity contribution in [3.8, 4) is 0 Å². The van der Waals surface area contributed by atoms with Gasteiger partial charge in [0.05, 0.1) is 11.1 Å². The van der Waals surface area contributed by atoms with Gasteiger partial charge in [0.1, 0.15) is 6.04 Å². The molecule has 0 spiro atoms. The standard InChI is InChI=1S/C28H33N3O4/c1-19-13-15-21(16-14-19)18-31(20(2)26(33)29-22-8-3-4-9-22)25(32)12-7-17-30-27(34)23-10-5-6-11-24(23)28(30)35/h5-6,10-11,13-16,20,22H,3-4,7-9,12,17-18H2,1-2H3,(H,29,33). The molecule has 2 aliphatic rings. The van der Waals surface area contributed by atoms with Crippen LogP contribution in [-0.2, 0) is 16.1 Å². The van der Waals surface area contributed by atoms with Crippen LogP contribution in [0.1, 0.15) is 77.3 Å². The summed E-state index contributed by atoms with van der Waals surface area (Å²) >= 11 is 0. The van der Waals surface area contributed by atoms with Crippen molar-refractivity contribution in [2.45, 2.75) is 71.0 Å². The number of benzene rings is 2. The molecule has 1 saturated carbocycles. The van der Waals surface area contributed by atoms with Crippen LogP contribution in [0.4, 0.5) is 0 Å². The Balaban J connectivity index is 1.40. The molecule has 0 bridgehead atoms. The first kappa shape index (κ1) is 24.6. The molecule has 2 aromatic rings. The lowest BCUT2D eigenvalue weighted by Gasteiger charge is -2.30. The quantitative estimate of drug-likeness (QED) is 0.558. The number of aryl methyl sites for hydroxylation is 1. The molecule has 4 amide bonds. The number of nitrogens with zero attached hydrogens (tertiary/aromatic N) is 2. The number of nitrogens with one attached hydrogen (secondary N) is 1. The van der Waals surface area contributed by atoms with Crippen LogP contribution < -0.4 is 5.32 Å². The monoisotopic (exact) mass is 475 g/mol. The van der Waals surface area contributed by atoms with Crippen LogP contribution in [0, 0.1) is 6.92 Å². The zero-order chi connectivity index (χ0) is 24.9. The van der Waals surface area contributed by atoms with Crippen LogP contribution in [0.15, 0.2) is 48.5 Å². The van der Waals surface area contributed by atoms with E-state index in [2.05, 4.69) is 5.32 Å². The van der Waals surface area contributed by atoms with E-state index in [1.54, 1.807) is 36.1 Å². The summed E-state index contributed by atoms with van der Waals surface area (Å²) in [7, 11) is 0. The van der Waals surface area contributed by atoms with Crippen molar-refractivity contribution >= 4 is 23.6 Å². The molecule has 35 heavy (non-hydrogen) atoms. The molecule has 7 nitrogen and oxygen atoms in total. The molecular weight excluding hydrogens is 442 g/mol. The number of fused-ring (bicyclic) bond motifs is 1. The van der Waals surface area contributed by atoms with Crippen LogP contribution in [-0.4, -0.2) is 52.1 Å². The Morgan fingerprint density at radius 3 is 2.20 bits per heavy atom. The summed E-state index contributed by atoms with van der Waals surface area (Å²) in [4.78, 5) is 54.3. The van der Waals surface area contributed by atoms with E-state index in [0.29, 0.717) is 24.1 Å². The predicted molar refractivity (Wildman–Crippen MR) is 133 cm³/mol. The van der Waals surface area contributed by atoms with Gasteiger partial charge in [0.25, 0.3) is 11.8 Å². The molecular formula is C28H33N3O4. The van der Waals surface area contributed by atoms with Crippen LogP contribution in [0.2, 0.25) is 0 Å². The number of rotatable bonds is 9. The highest BCUT2D eigenvalue weighted by Gasteiger charge is 2.35. The third-order valence-corrected chi connectivity index (χ3v) is 6.99. The van der Waals surface area contributed by atoms with Crippen LogP contribution in [0.3, 0.4) is 0 Å². The zero-order valence-corrected chi connectivity index (χ0v) is 20.5. The Hall–Kier alpha value is -3.48. The molecule has 1 aliphatic heterocycles. The third-order valence-electron chi connectivity index (χ3n) is 6.99. The van der Waals surface area contributed by atoms with Crippen molar-refractivity contribution in [3.63, 3.8) is 0 Å². The molecule has 0 radical (unpaired) electrons. The van der Waals surface area contributed by atoms with Gasteiger partial charge in [0.15, 0.2) is 0 Å². The predicted octanol–water partition coefficient (Wildman–Crippen LogP) is 3.85. The molecule has 2 aromatic carbocycles. The Morgan fingerprint density at radius 1 is 1.00 bits per heavy atom. The molecule has 7 heteroatoms. The molecule has 1 heterocycles. The van der Waals surface area contributed by atoms with E-state index in [9.17, 15) is 19.2 Å². The minimum Gasteiger partial charge on any atom is -0.352 e. The van der Waals surface area contributed by atoms with Gasteiger partial charge < -0.3 is 10.2 Å². The Bertz CT molecular complexity index is 1070. The van der Waals surface area contributed by atoms with Crippen molar-refractivity contribution in [1.82, 2.24) is 15.1 Å². The fourth-order valence-corrected chi connectivity index (χ4v) is 4.84. The zero-order valence-electron chi connectivity index (χ0n) is 20.5. The van der Waals surface area contributed by atoms with E-state index >= 15 is 0 Å². The SMILES string of the molecule is Cc1ccc(CN(C(=O)CCCN2C(=O)c3ccccc3C2=O)C(C)C(=O)NC2CCCC2)cc1. The molecule has 1 unspecified atom stereocenters. The maximum Gasteiger partial charge on any atom is 0.261 e. The smallest absolute Gasteiger partial charge is 0.261 e. The number of hydrogen-bond acceptors (Lipinski definition) is 4. The van der Waals surface area contributed by atoms with Crippen LogP contribution in [0.5, 0.6) is 0 Å². The number of amides is 4. The first-order valence-electron chi connectivity index (χ1n) is 12.5. The largest absolute Gasteiger partial charge is 0.352 e. The lowest BCUT2D eigenvalue weighted by Crippen LogP contribution is -2.49. The molecule has 1 N–H and O–H groups in total.